The molecule has 0 bridgehead atoms. The minimum Gasteiger partial charge on any atom is -0.399 e. The number of nitrogens with zero attached hydrogens (tertiary/aromatic N) is 2. The Bertz CT molecular complexity index is 438. The third kappa shape index (κ3) is 3.97. The van der Waals surface area contributed by atoms with E-state index < -0.39 is 0 Å². The van der Waals surface area contributed by atoms with Crippen molar-refractivity contribution in [3.05, 3.63) is 24.3 Å². The van der Waals surface area contributed by atoms with Gasteiger partial charge in [-0.25, -0.2) is 0 Å². The number of amides is 1. The van der Waals surface area contributed by atoms with Crippen molar-refractivity contribution < 1.29 is 4.79 Å². The van der Waals surface area contributed by atoms with Gasteiger partial charge >= 0.3 is 0 Å². The van der Waals surface area contributed by atoms with Crippen LogP contribution in [0.5, 0.6) is 0 Å². The highest BCUT2D eigenvalue weighted by Gasteiger charge is 2.19. The van der Waals surface area contributed by atoms with Crippen molar-refractivity contribution in [2.24, 2.45) is 5.92 Å². The zero-order chi connectivity index (χ0) is 14.5. The quantitative estimate of drug-likeness (QED) is 0.839. The van der Waals surface area contributed by atoms with Gasteiger partial charge in [-0.15, -0.1) is 0 Å². The first-order chi connectivity index (χ1) is 9.56. The Hall–Kier alpha value is -1.55. The molecule has 0 spiro atoms. The van der Waals surface area contributed by atoms with E-state index in [1.54, 1.807) is 4.90 Å². The van der Waals surface area contributed by atoms with E-state index >= 15 is 0 Å². The van der Waals surface area contributed by atoms with Gasteiger partial charge < -0.3 is 10.6 Å². The summed E-state index contributed by atoms with van der Waals surface area (Å²) in [5.74, 6) is 0.893. The monoisotopic (exact) mass is 275 g/mol. The molecule has 0 aromatic heterocycles. The molecule has 1 aromatic rings. The summed E-state index contributed by atoms with van der Waals surface area (Å²) in [5.41, 5.74) is 7.27. The highest BCUT2D eigenvalue weighted by Crippen LogP contribution is 2.25. The van der Waals surface area contributed by atoms with Crippen molar-refractivity contribution in [1.82, 2.24) is 4.90 Å². The van der Waals surface area contributed by atoms with Gasteiger partial charge in [-0.05, 0) is 50.1 Å². The summed E-state index contributed by atoms with van der Waals surface area (Å²) in [5, 5.41) is 0. The molecule has 2 rings (SSSR count). The number of hydrogen-bond acceptors (Lipinski definition) is 3. The number of hydrogen-bond donors (Lipinski definition) is 1. The zero-order valence-electron chi connectivity index (χ0n) is 12.5. The molecule has 0 aliphatic heterocycles. The first-order valence-electron chi connectivity index (χ1n) is 7.37. The number of rotatable bonds is 5. The second-order valence-corrected chi connectivity index (χ2v) is 5.89. The molecule has 1 aliphatic carbocycles. The van der Waals surface area contributed by atoms with Crippen molar-refractivity contribution in [1.29, 1.82) is 0 Å². The minimum absolute atomic E-state index is 0.121. The van der Waals surface area contributed by atoms with Crippen LogP contribution in [0.1, 0.15) is 25.7 Å². The fourth-order valence-electron chi connectivity index (χ4n) is 2.88. The van der Waals surface area contributed by atoms with Crippen molar-refractivity contribution in [2.75, 3.05) is 37.8 Å². The van der Waals surface area contributed by atoms with Gasteiger partial charge in [0.1, 0.15) is 0 Å². The van der Waals surface area contributed by atoms with E-state index in [0.29, 0.717) is 12.2 Å². The van der Waals surface area contributed by atoms with Crippen LogP contribution in [0.2, 0.25) is 0 Å². The molecule has 0 saturated heterocycles. The molecular formula is C16H25N3O. The zero-order valence-corrected chi connectivity index (χ0v) is 12.5. The van der Waals surface area contributed by atoms with Gasteiger partial charge in [0.05, 0.1) is 6.54 Å². The molecule has 1 aromatic carbocycles. The molecule has 110 valence electrons. The van der Waals surface area contributed by atoms with Crippen LogP contribution in [0.25, 0.3) is 0 Å². The summed E-state index contributed by atoms with van der Waals surface area (Å²) >= 11 is 0. The highest BCUT2D eigenvalue weighted by atomic mass is 16.2. The maximum atomic E-state index is 12.3. The summed E-state index contributed by atoms with van der Waals surface area (Å²) in [6.45, 7) is 1.50. The van der Waals surface area contributed by atoms with E-state index in [9.17, 15) is 4.79 Å². The van der Waals surface area contributed by atoms with Crippen molar-refractivity contribution in [3.63, 3.8) is 0 Å². The number of likely N-dealkylation sites (N-methyl/N-ethyl adjacent to an activating group) is 2. The largest absolute Gasteiger partial charge is 0.399 e. The molecule has 0 unspecified atom stereocenters. The predicted octanol–water partition coefficient (Wildman–Crippen LogP) is 2.35. The molecule has 0 radical (unpaired) electrons. The Balaban J connectivity index is 1.85. The SMILES string of the molecule is CN(CC(=O)N(C)c1ccc(N)cc1)CC1CCCC1. The molecule has 1 saturated carbocycles. The molecule has 4 heteroatoms. The summed E-state index contributed by atoms with van der Waals surface area (Å²) in [7, 11) is 3.85. The third-order valence-corrected chi connectivity index (χ3v) is 4.10. The van der Waals surface area contributed by atoms with Crippen LogP contribution in [0, 0.1) is 5.92 Å². The van der Waals surface area contributed by atoms with Gasteiger partial charge in [-0.2, -0.15) is 0 Å². The van der Waals surface area contributed by atoms with Crippen LogP contribution in [0.15, 0.2) is 24.3 Å². The normalized spacial score (nSPS) is 15.8. The van der Waals surface area contributed by atoms with Gasteiger partial charge in [0.15, 0.2) is 0 Å². The van der Waals surface area contributed by atoms with Crippen LogP contribution in [-0.4, -0.2) is 38.0 Å². The van der Waals surface area contributed by atoms with Gasteiger partial charge in [0.2, 0.25) is 5.91 Å². The summed E-state index contributed by atoms with van der Waals surface area (Å²) in [6, 6.07) is 7.40. The van der Waals surface area contributed by atoms with Gasteiger partial charge in [-0.3, -0.25) is 9.69 Å². The van der Waals surface area contributed by atoms with Crippen molar-refractivity contribution >= 4 is 17.3 Å². The Kier molecular flexibility index (Phi) is 5.01. The Labute approximate surface area is 121 Å². The number of anilines is 2. The van der Waals surface area contributed by atoms with E-state index in [4.69, 9.17) is 5.73 Å². The second-order valence-electron chi connectivity index (χ2n) is 5.89. The maximum absolute atomic E-state index is 12.3. The van der Waals surface area contributed by atoms with Crippen LogP contribution in [0.3, 0.4) is 0 Å². The molecule has 2 N–H and O–H groups in total. The van der Waals surface area contributed by atoms with E-state index in [1.165, 1.54) is 25.7 Å². The summed E-state index contributed by atoms with van der Waals surface area (Å²) < 4.78 is 0. The number of nitrogens with two attached hydrogens (primary N) is 1. The average molecular weight is 275 g/mol. The first kappa shape index (κ1) is 14.9. The number of nitrogen functional groups attached to an aromatic ring is 1. The molecular weight excluding hydrogens is 250 g/mol. The number of benzene rings is 1. The Morgan fingerprint density at radius 1 is 1.20 bits per heavy atom. The lowest BCUT2D eigenvalue weighted by molar-refractivity contribution is -0.119. The molecule has 1 amide bonds. The van der Waals surface area contributed by atoms with E-state index in [1.807, 2.05) is 38.4 Å². The fourth-order valence-corrected chi connectivity index (χ4v) is 2.88. The second kappa shape index (κ2) is 6.75. The van der Waals surface area contributed by atoms with Crippen molar-refractivity contribution in [3.8, 4) is 0 Å². The van der Waals surface area contributed by atoms with Crippen LogP contribution >= 0.6 is 0 Å². The van der Waals surface area contributed by atoms with Gasteiger partial charge in [0, 0.05) is 25.0 Å². The molecule has 1 aliphatic rings. The smallest absolute Gasteiger partial charge is 0.240 e. The lowest BCUT2D eigenvalue weighted by atomic mass is 10.1. The summed E-state index contributed by atoms with van der Waals surface area (Å²) in [4.78, 5) is 16.1. The first-order valence-corrected chi connectivity index (χ1v) is 7.37. The van der Waals surface area contributed by atoms with E-state index in [2.05, 4.69) is 4.90 Å². The topological polar surface area (TPSA) is 49.6 Å². The number of carbonyl (C=O) groups excluding carboxylic acids is 1. The predicted molar refractivity (Wildman–Crippen MR) is 83.7 cm³/mol. The molecule has 1 fully saturated rings. The lowest BCUT2D eigenvalue weighted by Crippen LogP contribution is -2.38. The van der Waals surface area contributed by atoms with E-state index in [0.717, 1.165) is 18.2 Å². The van der Waals surface area contributed by atoms with E-state index in [-0.39, 0.29) is 5.91 Å². The number of carbonyl (C=O) groups is 1. The van der Waals surface area contributed by atoms with Crippen LogP contribution in [0.4, 0.5) is 11.4 Å². The Morgan fingerprint density at radius 2 is 1.80 bits per heavy atom. The highest BCUT2D eigenvalue weighted by molar-refractivity contribution is 5.94. The fraction of sp³-hybridized carbons (Fsp3) is 0.562. The summed E-state index contributed by atoms with van der Waals surface area (Å²) in [6.07, 6.45) is 5.31. The van der Waals surface area contributed by atoms with Crippen molar-refractivity contribution in [2.45, 2.75) is 25.7 Å². The van der Waals surface area contributed by atoms with Crippen LogP contribution < -0.4 is 10.6 Å². The third-order valence-electron chi connectivity index (χ3n) is 4.10. The van der Waals surface area contributed by atoms with Gasteiger partial charge in [0.25, 0.3) is 0 Å². The Morgan fingerprint density at radius 3 is 2.40 bits per heavy atom. The maximum Gasteiger partial charge on any atom is 0.240 e. The molecule has 0 atom stereocenters. The van der Waals surface area contributed by atoms with Gasteiger partial charge in [-0.1, -0.05) is 12.8 Å². The molecule has 20 heavy (non-hydrogen) atoms. The lowest BCUT2D eigenvalue weighted by Gasteiger charge is -2.24. The average Bonchev–Trinajstić information content (AvgIpc) is 2.91. The molecule has 0 heterocycles. The molecule has 4 nitrogen and oxygen atoms in total. The van der Waals surface area contributed by atoms with Crippen LogP contribution in [-0.2, 0) is 4.79 Å². The standard InChI is InChI=1S/C16H25N3O/c1-18(11-13-5-3-4-6-13)12-16(20)19(2)15-9-7-14(17)8-10-15/h7-10,13H,3-6,11-12,17H2,1-2H3. The minimum atomic E-state index is 0.121.